The summed E-state index contributed by atoms with van der Waals surface area (Å²) in [5.74, 6) is -2.65. The predicted molar refractivity (Wildman–Crippen MR) is 65.5 cm³/mol. The van der Waals surface area contributed by atoms with E-state index in [2.05, 4.69) is 4.74 Å². The zero-order valence-corrected chi connectivity index (χ0v) is 11.8. The maximum absolute atomic E-state index is 12.6. The van der Waals surface area contributed by atoms with Crippen molar-refractivity contribution in [3.8, 4) is 0 Å². The van der Waals surface area contributed by atoms with Crippen LogP contribution in [0.2, 0.25) is 0 Å². The lowest BCUT2D eigenvalue weighted by Crippen LogP contribution is -2.21. The van der Waals surface area contributed by atoms with E-state index >= 15 is 0 Å². The van der Waals surface area contributed by atoms with Crippen molar-refractivity contribution in [2.75, 3.05) is 12.9 Å². The molecule has 0 spiro atoms. The molecule has 9 heteroatoms. The van der Waals surface area contributed by atoms with Crippen LogP contribution in [-0.2, 0) is 25.5 Å². The Kier molecular flexibility index (Phi) is 4.77. The first-order chi connectivity index (χ1) is 9.48. The van der Waals surface area contributed by atoms with Crippen LogP contribution in [0.5, 0.6) is 0 Å². The SMILES string of the molecule is CCOC(=O)C(=O)c1ccc(C(F)(F)F)cc1S(C)(=O)=O. The van der Waals surface area contributed by atoms with Crippen LogP contribution >= 0.6 is 0 Å². The van der Waals surface area contributed by atoms with E-state index in [0.717, 1.165) is 0 Å². The monoisotopic (exact) mass is 324 g/mol. The number of halogens is 3. The molecule has 0 saturated heterocycles. The molecule has 0 amide bonds. The number of esters is 1. The van der Waals surface area contributed by atoms with E-state index in [0.29, 0.717) is 24.5 Å². The van der Waals surface area contributed by atoms with Gasteiger partial charge in [0, 0.05) is 11.8 Å². The summed E-state index contributed by atoms with van der Waals surface area (Å²) in [5, 5.41) is 0. The third-order valence-corrected chi connectivity index (χ3v) is 3.55. The normalized spacial score (nSPS) is 12.0. The highest BCUT2D eigenvalue weighted by Gasteiger charge is 2.34. The van der Waals surface area contributed by atoms with Gasteiger partial charge in [-0.05, 0) is 25.1 Å². The number of benzene rings is 1. The van der Waals surface area contributed by atoms with Crippen molar-refractivity contribution in [2.45, 2.75) is 18.0 Å². The maximum atomic E-state index is 12.6. The van der Waals surface area contributed by atoms with Gasteiger partial charge in [0.05, 0.1) is 17.1 Å². The molecule has 0 unspecified atom stereocenters. The number of alkyl halides is 3. The van der Waals surface area contributed by atoms with E-state index < -0.39 is 43.8 Å². The number of hydrogen-bond acceptors (Lipinski definition) is 5. The highest BCUT2D eigenvalue weighted by Crippen LogP contribution is 2.32. The molecule has 0 aromatic heterocycles. The number of Topliss-reactive ketones (excluding diaryl/α,β-unsaturated/α-hetero) is 1. The van der Waals surface area contributed by atoms with Crippen molar-refractivity contribution >= 4 is 21.6 Å². The summed E-state index contributed by atoms with van der Waals surface area (Å²) in [5.41, 5.74) is -1.88. The third-order valence-electron chi connectivity index (χ3n) is 2.41. The second kappa shape index (κ2) is 5.84. The van der Waals surface area contributed by atoms with Gasteiger partial charge in [-0.3, -0.25) is 4.79 Å². The quantitative estimate of drug-likeness (QED) is 0.480. The van der Waals surface area contributed by atoms with Crippen LogP contribution in [0.4, 0.5) is 13.2 Å². The first-order valence-electron chi connectivity index (χ1n) is 5.61. The number of carbonyl (C=O) groups excluding carboxylic acids is 2. The van der Waals surface area contributed by atoms with Crippen LogP contribution in [0.25, 0.3) is 0 Å². The average molecular weight is 324 g/mol. The van der Waals surface area contributed by atoms with Crippen LogP contribution in [0.15, 0.2) is 23.1 Å². The van der Waals surface area contributed by atoms with E-state index in [1.54, 1.807) is 0 Å². The first-order valence-corrected chi connectivity index (χ1v) is 7.50. The highest BCUT2D eigenvalue weighted by atomic mass is 32.2. The number of rotatable bonds is 4. The van der Waals surface area contributed by atoms with E-state index in [9.17, 15) is 31.2 Å². The van der Waals surface area contributed by atoms with Gasteiger partial charge < -0.3 is 4.74 Å². The number of ether oxygens (including phenoxy) is 1. The summed E-state index contributed by atoms with van der Waals surface area (Å²) in [6, 6.07) is 1.50. The molecule has 0 fully saturated rings. The Balaban J connectivity index is 3.47. The summed E-state index contributed by atoms with van der Waals surface area (Å²) < 4.78 is 65.3. The fourth-order valence-electron chi connectivity index (χ4n) is 1.50. The Labute approximate surface area is 118 Å². The summed E-state index contributed by atoms with van der Waals surface area (Å²) in [7, 11) is -4.14. The molecule has 0 aliphatic rings. The lowest BCUT2D eigenvalue weighted by Gasteiger charge is -2.11. The minimum absolute atomic E-state index is 0.126. The van der Waals surface area contributed by atoms with Gasteiger partial charge in [0.15, 0.2) is 9.84 Å². The van der Waals surface area contributed by atoms with Crippen molar-refractivity contribution < 1.29 is 35.9 Å². The van der Waals surface area contributed by atoms with Gasteiger partial charge in [0.25, 0.3) is 5.78 Å². The second-order valence-electron chi connectivity index (χ2n) is 4.03. The Bertz CT molecular complexity index is 677. The Morgan fingerprint density at radius 2 is 1.81 bits per heavy atom. The van der Waals surface area contributed by atoms with E-state index in [4.69, 9.17) is 0 Å². The van der Waals surface area contributed by atoms with Crippen LogP contribution in [-0.4, -0.2) is 33.0 Å². The van der Waals surface area contributed by atoms with Crippen molar-refractivity contribution in [3.05, 3.63) is 29.3 Å². The van der Waals surface area contributed by atoms with Crippen LogP contribution in [0, 0.1) is 0 Å². The number of sulfone groups is 1. The zero-order chi connectivity index (χ0) is 16.4. The second-order valence-corrected chi connectivity index (χ2v) is 6.01. The average Bonchev–Trinajstić information content (AvgIpc) is 2.35. The predicted octanol–water partition coefficient (Wildman–Crippen LogP) is 1.85. The van der Waals surface area contributed by atoms with Crippen LogP contribution in [0.3, 0.4) is 0 Å². The molecule has 0 radical (unpaired) electrons. The molecular formula is C12H11F3O5S. The van der Waals surface area contributed by atoms with Gasteiger partial charge in [-0.15, -0.1) is 0 Å². The van der Waals surface area contributed by atoms with Crippen molar-refractivity contribution in [1.29, 1.82) is 0 Å². The molecule has 1 rings (SSSR count). The van der Waals surface area contributed by atoms with Gasteiger partial charge in [0.2, 0.25) is 0 Å². The van der Waals surface area contributed by atoms with Crippen molar-refractivity contribution in [3.63, 3.8) is 0 Å². The molecule has 5 nitrogen and oxygen atoms in total. The van der Waals surface area contributed by atoms with E-state index in [-0.39, 0.29) is 6.61 Å². The number of ketones is 1. The molecule has 1 aromatic rings. The largest absolute Gasteiger partial charge is 0.460 e. The fourth-order valence-corrected chi connectivity index (χ4v) is 2.40. The summed E-state index contributed by atoms with van der Waals surface area (Å²) >= 11 is 0. The third kappa shape index (κ3) is 4.03. The molecule has 0 heterocycles. The van der Waals surface area contributed by atoms with Crippen molar-refractivity contribution in [1.82, 2.24) is 0 Å². The molecule has 0 aliphatic heterocycles. The lowest BCUT2D eigenvalue weighted by molar-refractivity contribution is -0.138. The minimum Gasteiger partial charge on any atom is -0.460 e. The minimum atomic E-state index is -4.77. The molecule has 0 bridgehead atoms. The Morgan fingerprint density at radius 1 is 1.24 bits per heavy atom. The molecule has 0 atom stereocenters. The van der Waals surface area contributed by atoms with Gasteiger partial charge in [-0.25, -0.2) is 13.2 Å². The molecule has 0 saturated carbocycles. The molecule has 0 N–H and O–H groups in total. The lowest BCUT2D eigenvalue weighted by atomic mass is 10.1. The fraction of sp³-hybridized carbons (Fsp3) is 0.333. The summed E-state index contributed by atoms with van der Waals surface area (Å²) in [4.78, 5) is 22.2. The Hall–Kier alpha value is -1.90. The Morgan fingerprint density at radius 3 is 2.24 bits per heavy atom. The van der Waals surface area contributed by atoms with Gasteiger partial charge in [-0.2, -0.15) is 13.2 Å². The smallest absolute Gasteiger partial charge is 0.416 e. The van der Waals surface area contributed by atoms with E-state index in [1.165, 1.54) is 6.92 Å². The molecular weight excluding hydrogens is 313 g/mol. The standard InChI is InChI=1S/C12H11F3O5S/c1-3-20-11(17)10(16)8-5-4-7(12(13,14)15)6-9(8)21(2,18)19/h4-6H,3H2,1-2H3. The number of carbonyl (C=O) groups is 2. The molecule has 0 aliphatic carbocycles. The molecule has 1 aromatic carbocycles. The summed E-state index contributed by atoms with van der Waals surface area (Å²) in [6.45, 7) is 1.30. The van der Waals surface area contributed by atoms with Crippen LogP contribution in [0.1, 0.15) is 22.8 Å². The topological polar surface area (TPSA) is 77.5 Å². The molecule has 21 heavy (non-hydrogen) atoms. The van der Waals surface area contributed by atoms with Gasteiger partial charge in [-0.1, -0.05) is 0 Å². The van der Waals surface area contributed by atoms with Crippen LogP contribution < -0.4 is 0 Å². The van der Waals surface area contributed by atoms with E-state index in [1.807, 2.05) is 0 Å². The molecule has 116 valence electrons. The first kappa shape index (κ1) is 17.2. The van der Waals surface area contributed by atoms with Crippen molar-refractivity contribution in [2.24, 2.45) is 0 Å². The summed E-state index contributed by atoms with van der Waals surface area (Å²) in [6.07, 6.45) is -4.13. The zero-order valence-electron chi connectivity index (χ0n) is 11.0. The number of hydrogen-bond donors (Lipinski definition) is 0. The highest BCUT2D eigenvalue weighted by molar-refractivity contribution is 7.90. The van der Waals surface area contributed by atoms with Gasteiger partial charge >= 0.3 is 12.1 Å². The maximum Gasteiger partial charge on any atom is 0.416 e. The van der Waals surface area contributed by atoms with Gasteiger partial charge in [0.1, 0.15) is 0 Å².